The molecule has 1 aromatic heterocycles. The van der Waals surface area contributed by atoms with Gasteiger partial charge in [-0.2, -0.15) is 5.10 Å². The first-order chi connectivity index (χ1) is 10.2. The predicted octanol–water partition coefficient (Wildman–Crippen LogP) is 2.43. The Morgan fingerprint density at radius 2 is 2.19 bits per heavy atom. The number of carbonyl (C=O) groups is 1. The van der Waals surface area contributed by atoms with Gasteiger partial charge < -0.3 is 10.2 Å². The molecule has 1 fully saturated rings. The predicted molar refractivity (Wildman–Crippen MR) is 82.3 cm³/mol. The summed E-state index contributed by atoms with van der Waals surface area (Å²) >= 11 is 0. The van der Waals surface area contributed by atoms with Crippen molar-refractivity contribution in [3.63, 3.8) is 0 Å². The van der Waals surface area contributed by atoms with Gasteiger partial charge >= 0.3 is 0 Å². The molecule has 0 aliphatic carbocycles. The molecule has 5 heteroatoms. The topological polar surface area (TPSA) is 61.0 Å². The summed E-state index contributed by atoms with van der Waals surface area (Å²) in [4.78, 5) is 14.4. The lowest BCUT2D eigenvalue weighted by molar-refractivity contribution is 0.0714. The van der Waals surface area contributed by atoms with Gasteiger partial charge in [-0.15, -0.1) is 0 Å². The molecule has 2 heterocycles. The van der Waals surface area contributed by atoms with Gasteiger partial charge in [0.1, 0.15) is 0 Å². The molecule has 1 amide bonds. The van der Waals surface area contributed by atoms with Crippen molar-refractivity contribution in [3.8, 4) is 0 Å². The normalized spacial score (nSPS) is 18.5. The maximum absolute atomic E-state index is 12.5. The van der Waals surface area contributed by atoms with Crippen LogP contribution in [0.3, 0.4) is 0 Å². The Hall–Kier alpha value is -2.30. The summed E-state index contributed by atoms with van der Waals surface area (Å²) in [6, 6.07) is 10.5. The van der Waals surface area contributed by atoms with E-state index in [1.54, 1.807) is 6.20 Å². The van der Waals surface area contributed by atoms with Crippen LogP contribution in [0.2, 0.25) is 0 Å². The summed E-state index contributed by atoms with van der Waals surface area (Å²) in [7, 11) is 0. The fraction of sp³-hybridized carbons (Fsp3) is 0.375. The number of anilines is 1. The van der Waals surface area contributed by atoms with Gasteiger partial charge in [0.15, 0.2) is 0 Å². The van der Waals surface area contributed by atoms with Crippen LogP contribution in [-0.4, -0.2) is 40.1 Å². The summed E-state index contributed by atoms with van der Waals surface area (Å²) in [6.07, 6.45) is 3.72. The lowest BCUT2D eigenvalue weighted by atomic mass is 10.0. The summed E-state index contributed by atoms with van der Waals surface area (Å²) in [5.41, 5.74) is 2.62. The number of aromatic amines is 1. The van der Waals surface area contributed by atoms with Crippen molar-refractivity contribution in [2.75, 3.05) is 18.4 Å². The van der Waals surface area contributed by atoms with E-state index in [0.717, 1.165) is 37.3 Å². The van der Waals surface area contributed by atoms with Crippen LogP contribution in [0.15, 0.2) is 36.5 Å². The van der Waals surface area contributed by atoms with E-state index in [4.69, 9.17) is 0 Å². The second-order valence-corrected chi connectivity index (χ2v) is 5.51. The molecule has 1 aliphatic rings. The lowest BCUT2D eigenvalue weighted by Gasteiger charge is -2.33. The molecule has 0 bridgehead atoms. The van der Waals surface area contributed by atoms with Crippen molar-refractivity contribution >= 4 is 11.6 Å². The highest BCUT2D eigenvalue weighted by Crippen LogP contribution is 2.18. The summed E-state index contributed by atoms with van der Waals surface area (Å²) in [6.45, 7) is 3.43. The zero-order valence-electron chi connectivity index (χ0n) is 12.2. The minimum absolute atomic E-state index is 0.0702. The monoisotopic (exact) mass is 284 g/mol. The Morgan fingerprint density at radius 1 is 1.38 bits per heavy atom. The van der Waals surface area contributed by atoms with Crippen molar-refractivity contribution < 1.29 is 4.79 Å². The van der Waals surface area contributed by atoms with Crippen molar-refractivity contribution in [3.05, 3.63) is 47.8 Å². The van der Waals surface area contributed by atoms with Gasteiger partial charge in [-0.1, -0.05) is 18.2 Å². The van der Waals surface area contributed by atoms with E-state index in [0.29, 0.717) is 11.6 Å². The van der Waals surface area contributed by atoms with Crippen LogP contribution in [0.4, 0.5) is 5.69 Å². The number of hydrogen-bond donors (Lipinski definition) is 2. The summed E-state index contributed by atoms with van der Waals surface area (Å²) < 4.78 is 0. The Balaban J connectivity index is 1.66. The smallest absolute Gasteiger partial charge is 0.257 e. The fourth-order valence-corrected chi connectivity index (χ4v) is 2.79. The van der Waals surface area contributed by atoms with E-state index in [-0.39, 0.29) is 5.91 Å². The summed E-state index contributed by atoms with van der Waals surface area (Å²) in [5, 5.41) is 10.3. The van der Waals surface area contributed by atoms with Crippen molar-refractivity contribution in [2.45, 2.75) is 25.8 Å². The van der Waals surface area contributed by atoms with Gasteiger partial charge in [-0.05, 0) is 31.9 Å². The van der Waals surface area contributed by atoms with Gasteiger partial charge in [0, 0.05) is 30.5 Å². The van der Waals surface area contributed by atoms with Gasteiger partial charge in [0.05, 0.1) is 11.8 Å². The SMILES string of the molecule is Cc1[nH]ncc1C(=O)N1CCCC(Nc2ccccc2)C1. The standard InChI is InChI=1S/C16H20N4O/c1-12-15(10-17-19-12)16(21)20-9-5-8-14(11-20)18-13-6-3-2-4-7-13/h2-4,6-7,10,14,18H,5,8-9,11H2,1H3,(H,17,19). The van der Waals surface area contributed by atoms with Crippen LogP contribution >= 0.6 is 0 Å². The highest BCUT2D eigenvalue weighted by atomic mass is 16.2. The number of aromatic nitrogens is 2. The van der Waals surface area contributed by atoms with Crippen LogP contribution < -0.4 is 5.32 Å². The zero-order valence-corrected chi connectivity index (χ0v) is 12.2. The second-order valence-electron chi connectivity index (χ2n) is 5.51. The van der Waals surface area contributed by atoms with Crippen LogP contribution in [0.1, 0.15) is 28.9 Å². The summed E-state index contributed by atoms with van der Waals surface area (Å²) in [5.74, 6) is 0.0702. The number of para-hydroxylation sites is 1. The maximum atomic E-state index is 12.5. The number of nitrogens with zero attached hydrogens (tertiary/aromatic N) is 2. The molecule has 1 saturated heterocycles. The Bertz CT molecular complexity index is 608. The van der Waals surface area contributed by atoms with E-state index in [1.807, 2.05) is 30.0 Å². The number of H-pyrrole nitrogens is 1. The highest BCUT2D eigenvalue weighted by molar-refractivity contribution is 5.95. The minimum Gasteiger partial charge on any atom is -0.381 e. The third-order valence-electron chi connectivity index (χ3n) is 3.91. The Labute approximate surface area is 124 Å². The molecule has 1 atom stereocenters. The average Bonchev–Trinajstić information content (AvgIpc) is 2.94. The maximum Gasteiger partial charge on any atom is 0.257 e. The fourth-order valence-electron chi connectivity index (χ4n) is 2.79. The molecule has 5 nitrogen and oxygen atoms in total. The number of carbonyl (C=O) groups excluding carboxylic acids is 1. The van der Waals surface area contributed by atoms with Gasteiger partial charge in [-0.25, -0.2) is 0 Å². The Morgan fingerprint density at radius 3 is 2.90 bits per heavy atom. The van der Waals surface area contributed by atoms with Gasteiger partial charge in [-0.3, -0.25) is 9.89 Å². The van der Waals surface area contributed by atoms with Crippen LogP contribution in [-0.2, 0) is 0 Å². The van der Waals surface area contributed by atoms with Crippen molar-refractivity contribution in [2.24, 2.45) is 0 Å². The van der Waals surface area contributed by atoms with Crippen LogP contribution in [0.5, 0.6) is 0 Å². The van der Waals surface area contributed by atoms with Crippen molar-refractivity contribution in [1.82, 2.24) is 15.1 Å². The molecule has 2 N–H and O–H groups in total. The van der Waals surface area contributed by atoms with Gasteiger partial charge in [0.25, 0.3) is 5.91 Å². The lowest BCUT2D eigenvalue weighted by Crippen LogP contribution is -2.45. The number of aryl methyl sites for hydroxylation is 1. The number of likely N-dealkylation sites (tertiary alicyclic amines) is 1. The third-order valence-corrected chi connectivity index (χ3v) is 3.91. The zero-order chi connectivity index (χ0) is 14.7. The highest BCUT2D eigenvalue weighted by Gasteiger charge is 2.25. The first kappa shape index (κ1) is 13.7. The molecule has 2 aromatic rings. The van der Waals surface area contributed by atoms with E-state index in [2.05, 4.69) is 27.6 Å². The van der Waals surface area contributed by atoms with E-state index >= 15 is 0 Å². The molecule has 0 saturated carbocycles. The molecule has 0 radical (unpaired) electrons. The first-order valence-electron chi connectivity index (χ1n) is 7.35. The van der Waals surface area contributed by atoms with E-state index < -0.39 is 0 Å². The number of rotatable bonds is 3. The minimum atomic E-state index is 0.0702. The molecule has 110 valence electrons. The van der Waals surface area contributed by atoms with E-state index in [1.165, 1.54) is 0 Å². The molecule has 1 aliphatic heterocycles. The largest absolute Gasteiger partial charge is 0.381 e. The quantitative estimate of drug-likeness (QED) is 0.910. The first-order valence-corrected chi connectivity index (χ1v) is 7.35. The van der Waals surface area contributed by atoms with Crippen LogP contribution in [0.25, 0.3) is 0 Å². The second kappa shape index (κ2) is 5.99. The Kier molecular flexibility index (Phi) is 3.90. The van der Waals surface area contributed by atoms with Crippen molar-refractivity contribution in [1.29, 1.82) is 0 Å². The molecule has 1 aromatic carbocycles. The average molecular weight is 284 g/mol. The third kappa shape index (κ3) is 3.07. The molecular formula is C16H20N4O. The molecule has 1 unspecified atom stereocenters. The molecular weight excluding hydrogens is 264 g/mol. The number of amides is 1. The number of nitrogens with one attached hydrogen (secondary N) is 2. The molecule has 0 spiro atoms. The molecule has 21 heavy (non-hydrogen) atoms. The number of piperidine rings is 1. The number of benzene rings is 1. The van der Waals surface area contributed by atoms with E-state index in [9.17, 15) is 4.79 Å². The number of hydrogen-bond acceptors (Lipinski definition) is 3. The molecule has 3 rings (SSSR count). The van der Waals surface area contributed by atoms with Crippen LogP contribution in [0, 0.1) is 6.92 Å². The van der Waals surface area contributed by atoms with Gasteiger partial charge in [0.2, 0.25) is 0 Å².